The zero-order valence-electron chi connectivity index (χ0n) is 9.16. The Morgan fingerprint density at radius 1 is 1.38 bits per heavy atom. The maximum absolute atomic E-state index is 4.65. The summed E-state index contributed by atoms with van der Waals surface area (Å²) in [6.07, 6.45) is 1.05. The lowest BCUT2D eigenvalue weighted by molar-refractivity contribution is 0.620. The lowest BCUT2D eigenvalue weighted by atomic mass is 10.0. The van der Waals surface area contributed by atoms with Crippen molar-refractivity contribution in [1.29, 1.82) is 0 Å². The molecule has 3 heterocycles. The average Bonchev–Trinajstić information content (AvgIpc) is 2.82. The quantitative estimate of drug-likeness (QED) is 0.817. The molecular weight excluding hydrogens is 218 g/mol. The third kappa shape index (κ3) is 1.64. The zero-order chi connectivity index (χ0) is 11.0. The number of thiophene rings is 1. The highest BCUT2D eigenvalue weighted by Gasteiger charge is 2.15. The standard InChI is InChI=1S/C12H13N3S/c1-8-9-4-5-13-7-10(9)15-12(14-8)11-3-2-6-16-11/h2-3,6,13H,4-5,7H2,1H3. The maximum Gasteiger partial charge on any atom is 0.169 e. The van der Waals surface area contributed by atoms with Gasteiger partial charge in [-0.3, -0.25) is 0 Å². The molecule has 0 amide bonds. The summed E-state index contributed by atoms with van der Waals surface area (Å²) in [5.74, 6) is 0.870. The monoisotopic (exact) mass is 231 g/mol. The second kappa shape index (κ2) is 3.96. The molecule has 3 rings (SSSR count). The molecule has 4 heteroatoms. The molecule has 0 aliphatic carbocycles. The Hall–Kier alpha value is -1.26. The highest BCUT2D eigenvalue weighted by Crippen LogP contribution is 2.24. The van der Waals surface area contributed by atoms with Gasteiger partial charge in [0.15, 0.2) is 5.82 Å². The van der Waals surface area contributed by atoms with E-state index in [0.29, 0.717) is 0 Å². The van der Waals surface area contributed by atoms with Crippen LogP contribution in [-0.2, 0) is 13.0 Å². The summed E-state index contributed by atoms with van der Waals surface area (Å²) in [4.78, 5) is 10.4. The van der Waals surface area contributed by atoms with E-state index in [0.717, 1.165) is 35.9 Å². The Labute approximate surface area is 98.6 Å². The molecule has 0 saturated heterocycles. The summed E-state index contributed by atoms with van der Waals surface area (Å²) < 4.78 is 0. The van der Waals surface area contributed by atoms with E-state index in [1.807, 2.05) is 6.07 Å². The fraction of sp³-hybridized carbons (Fsp3) is 0.333. The smallest absolute Gasteiger partial charge is 0.169 e. The molecule has 0 saturated carbocycles. The average molecular weight is 231 g/mol. The van der Waals surface area contributed by atoms with Crippen LogP contribution in [0.1, 0.15) is 17.0 Å². The van der Waals surface area contributed by atoms with Gasteiger partial charge in [0.2, 0.25) is 0 Å². The first-order valence-electron chi connectivity index (χ1n) is 5.45. The molecule has 2 aromatic heterocycles. The van der Waals surface area contributed by atoms with Crippen LogP contribution in [0.2, 0.25) is 0 Å². The Bertz CT molecular complexity index is 505. The summed E-state index contributed by atoms with van der Waals surface area (Å²) >= 11 is 1.69. The number of rotatable bonds is 1. The van der Waals surface area contributed by atoms with Gasteiger partial charge in [-0.2, -0.15) is 0 Å². The van der Waals surface area contributed by atoms with Crippen molar-refractivity contribution in [3.05, 3.63) is 34.5 Å². The van der Waals surface area contributed by atoms with Gasteiger partial charge in [0.05, 0.1) is 10.6 Å². The lowest BCUT2D eigenvalue weighted by Gasteiger charge is -2.18. The zero-order valence-corrected chi connectivity index (χ0v) is 9.97. The topological polar surface area (TPSA) is 37.8 Å². The summed E-state index contributed by atoms with van der Waals surface area (Å²) in [5, 5.41) is 5.42. The van der Waals surface area contributed by atoms with Gasteiger partial charge in [-0.05, 0) is 36.9 Å². The third-order valence-electron chi connectivity index (χ3n) is 2.89. The van der Waals surface area contributed by atoms with Crippen molar-refractivity contribution in [2.75, 3.05) is 6.54 Å². The lowest BCUT2D eigenvalue weighted by Crippen LogP contribution is -2.26. The maximum atomic E-state index is 4.65. The molecule has 0 aromatic carbocycles. The normalized spacial score (nSPS) is 14.8. The van der Waals surface area contributed by atoms with E-state index in [2.05, 4.69) is 33.7 Å². The summed E-state index contributed by atoms with van der Waals surface area (Å²) in [5.41, 5.74) is 3.64. The second-order valence-electron chi connectivity index (χ2n) is 3.96. The molecule has 82 valence electrons. The predicted molar refractivity (Wildman–Crippen MR) is 65.5 cm³/mol. The fourth-order valence-electron chi connectivity index (χ4n) is 2.06. The van der Waals surface area contributed by atoms with Crippen LogP contribution in [0, 0.1) is 6.92 Å². The predicted octanol–water partition coefficient (Wildman–Crippen LogP) is 2.16. The van der Waals surface area contributed by atoms with Crippen LogP contribution in [0.5, 0.6) is 0 Å². The first-order chi connectivity index (χ1) is 7.84. The van der Waals surface area contributed by atoms with E-state index < -0.39 is 0 Å². The van der Waals surface area contributed by atoms with E-state index in [4.69, 9.17) is 0 Å². The van der Waals surface area contributed by atoms with E-state index >= 15 is 0 Å². The molecule has 2 aromatic rings. The van der Waals surface area contributed by atoms with Crippen LogP contribution in [0.25, 0.3) is 10.7 Å². The van der Waals surface area contributed by atoms with Gasteiger partial charge in [0.1, 0.15) is 0 Å². The number of nitrogens with zero attached hydrogens (tertiary/aromatic N) is 2. The summed E-state index contributed by atoms with van der Waals surface area (Å²) in [7, 11) is 0. The second-order valence-corrected chi connectivity index (χ2v) is 4.91. The Balaban J connectivity index is 2.12. The first kappa shape index (κ1) is 9.93. The van der Waals surface area contributed by atoms with Crippen molar-refractivity contribution in [3.8, 4) is 10.7 Å². The van der Waals surface area contributed by atoms with Crippen molar-refractivity contribution in [2.24, 2.45) is 0 Å². The fourth-order valence-corrected chi connectivity index (χ4v) is 2.72. The van der Waals surface area contributed by atoms with Gasteiger partial charge in [-0.25, -0.2) is 9.97 Å². The van der Waals surface area contributed by atoms with Gasteiger partial charge in [0.25, 0.3) is 0 Å². The molecule has 0 unspecified atom stereocenters. The summed E-state index contributed by atoms with van der Waals surface area (Å²) in [6, 6.07) is 4.11. The first-order valence-corrected chi connectivity index (χ1v) is 6.33. The Kier molecular flexibility index (Phi) is 2.46. The van der Waals surface area contributed by atoms with E-state index in [9.17, 15) is 0 Å². The van der Waals surface area contributed by atoms with E-state index in [1.165, 1.54) is 11.3 Å². The van der Waals surface area contributed by atoms with Crippen LogP contribution in [0.3, 0.4) is 0 Å². The minimum absolute atomic E-state index is 0.870. The molecule has 3 nitrogen and oxygen atoms in total. The van der Waals surface area contributed by atoms with Crippen LogP contribution >= 0.6 is 11.3 Å². The van der Waals surface area contributed by atoms with Gasteiger partial charge in [0, 0.05) is 12.2 Å². The third-order valence-corrected chi connectivity index (χ3v) is 3.75. The Morgan fingerprint density at radius 3 is 3.12 bits per heavy atom. The molecule has 1 aliphatic heterocycles. The highest BCUT2D eigenvalue weighted by atomic mass is 32.1. The van der Waals surface area contributed by atoms with Crippen LogP contribution < -0.4 is 5.32 Å². The molecule has 0 atom stereocenters. The number of fused-ring (bicyclic) bond motifs is 1. The largest absolute Gasteiger partial charge is 0.311 e. The van der Waals surface area contributed by atoms with Gasteiger partial charge >= 0.3 is 0 Å². The van der Waals surface area contributed by atoms with Gasteiger partial charge in [-0.15, -0.1) is 11.3 Å². The van der Waals surface area contributed by atoms with Crippen molar-refractivity contribution < 1.29 is 0 Å². The van der Waals surface area contributed by atoms with Crippen LogP contribution in [0.4, 0.5) is 0 Å². The molecule has 0 bridgehead atoms. The molecule has 0 radical (unpaired) electrons. The van der Waals surface area contributed by atoms with Crippen molar-refractivity contribution in [1.82, 2.24) is 15.3 Å². The minimum Gasteiger partial charge on any atom is -0.311 e. The molecular formula is C12H13N3S. The van der Waals surface area contributed by atoms with Crippen LogP contribution in [0.15, 0.2) is 17.5 Å². The minimum atomic E-state index is 0.870. The van der Waals surface area contributed by atoms with Crippen LogP contribution in [-0.4, -0.2) is 16.5 Å². The summed E-state index contributed by atoms with van der Waals surface area (Å²) in [6.45, 7) is 4.00. The Morgan fingerprint density at radius 2 is 2.31 bits per heavy atom. The SMILES string of the molecule is Cc1nc(-c2cccs2)nc2c1CCNC2. The van der Waals surface area contributed by atoms with E-state index in [1.54, 1.807) is 11.3 Å². The number of hydrogen-bond acceptors (Lipinski definition) is 4. The van der Waals surface area contributed by atoms with Crippen molar-refractivity contribution in [3.63, 3.8) is 0 Å². The number of nitrogens with one attached hydrogen (secondary N) is 1. The molecule has 1 N–H and O–H groups in total. The highest BCUT2D eigenvalue weighted by molar-refractivity contribution is 7.13. The molecule has 16 heavy (non-hydrogen) atoms. The van der Waals surface area contributed by atoms with E-state index in [-0.39, 0.29) is 0 Å². The van der Waals surface area contributed by atoms with Crippen molar-refractivity contribution >= 4 is 11.3 Å². The van der Waals surface area contributed by atoms with Gasteiger partial charge in [-0.1, -0.05) is 6.07 Å². The van der Waals surface area contributed by atoms with Gasteiger partial charge < -0.3 is 5.32 Å². The number of hydrogen-bond donors (Lipinski definition) is 1. The molecule has 0 spiro atoms. The number of aromatic nitrogens is 2. The number of aryl methyl sites for hydroxylation is 1. The molecule has 1 aliphatic rings. The molecule has 0 fully saturated rings. The van der Waals surface area contributed by atoms with Crippen molar-refractivity contribution in [2.45, 2.75) is 19.9 Å².